The number of nitrogens with zero attached hydrogens (tertiary/aromatic N) is 2. The largest absolute Gasteiger partial charge is 0.489 e. The summed E-state index contributed by atoms with van der Waals surface area (Å²) in [5.41, 5.74) is 11.4. The van der Waals surface area contributed by atoms with Gasteiger partial charge in [-0.2, -0.15) is 5.26 Å². The molecule has 0 aliphatic heterocycles. The number of hydrogen-bond acceptors (Lipinski definition) is 3. The fourth-order valence-electron chi connectivity index (χ4n) is 5.04. The molecule has 0 spiro atoms. The number of aliphatic imine (C=N–C) groups is 1. The predicted octanol–water partition coefficient (Wildman–Crippen LogP) is 9.70. The number of benzene rings is 3. The monoisotopic (exact) mass is 564 g/mol. The van der Waals surface area contributed by atoms with Crippen molar-refractivity contribution in [3.05, 3.63) is 123 Å². The number of allylic oxidation sites excluding steroid dienone is 3. The second-order valence-corrected chi connectivity index (χ2v) is 10.8. The van der Waals surface area contributed by atoms with Crippen LogP contribution in [0.2, 0.25) is 5.02 Å². The van der Waals surface area contributed by atoms with E-state index in [1.807, 2.05) is 26.0 Å². The van der Waals surface area contributed by atoms with Crippen molar-refractivity contribution in [2.45, 2.75) is 59.8 Å². The molecule has 0 unspecified atom stereocenters. The quantitative estimate of drug-likeness (QED) is 0.0846. The molecule has 0 fully saturated rings. The highest BCUT2D eigenvalue weighted by Gasteiger charge is 2.13. The van der Waals surface area contributed by atoms with E-state index in [9.17, 15) is 5.26 Å². The third-order valence-electron chi connectivity index (χ3n) is 7.64. The minimum Gasteiger partial charge on any atom is -0.489 e. The van der Waals surface area contributed by atoms with Crippen molar-refractivity contribution in [2.75, 3.05) is 13.2 Å². The fourth-order valence-corrected chi connectivity index (χ4v) is 5.36. The number of nitriles is 1. The van der Waals surface area contributed by atoms with Gasteiger partial charge in [0.05, 0.1) is 6.07 Å². The lowest BCUT2D eigenvalue weighted by atomic mass is 9.89. The van der Waals surface area contributed by atoms with Gasteiger partial charge in [-0.1, -0.05) is 66.7 Å². The Morgan fingerprint density at radius 2 is 1.59 bits per heavy atom. The first-order valence-corrected chi connectivity index (χ1v) is 14.6. The maximum atomic E-state index is 9.24. The molecule has 0 aliphatic carbocycles. The molecule has 0 heterocycles. The standard InChI is InChI=1S/C37H41ClN2O/c1-7-29(24-39)22-30(8-2)25-41-37-23-33(36(38)21-26(37)3)19-18-32-15-12-17-35(28(32)5)34-16-11-14-31(27(34)4)13-9-10-20-40-6/h7-8,11-12,14-17,21-23H,2,6,9-10,13,18-20,25H2,1,3-5H3/b29-7+,30-22+. The maximum absolute atomic E-state index is 9.24. The van der Waals surface area contributed by atoms with Gasteiger partial charge in [0.15, 0.2) is 0 Å². The number of ether oxygens (including phenoxy) is 1. The van der Waals surface area contributed by atoms with Gasteiger partial charge in [0.25, 0.3) is 0 Å². The predicted molar refractivity (Wildman–Crippen MR) is 175 cm³/mol. The summed E-state index contributed by atoms with van der Waals surface area (Å²) in [6.45, 7) is 16.9. The normalized spacial score (nSPS) is 11.7. The van der Waals surface area contributed by atoms with Gasteiger partial charge in [0, 0.05) is 17.1 Å². The first kappa shape index (κ1) is 31.7. The molecule has 0 N–H and O–H groups in total. The zero-order chi connectivity index (χ0) is 29.8. The van der Waals surface area contributed by atoms with Crippen LogP contribution in [0, 0.1) is 32.1 Å². The minimum absolute atomic E-state index is 0.329. The second kappa shape index (κ2) is 15.8. The van der Waals surface area contributed by atoms with Crippen LogP contribution in [-0.4, -0.2) is 19.9 Å². The van der Waals surface area contributed by atoms with Crippen molar-refractivity contribution in [3.63, 3.8) is 0 Å². The molecule has 0 aliphatic rings. The summed E-state index contributed by atoms with van der Waals surface area (Å²) in [5.74, 6) is 0.790. The van der Waals surface area contributed by atoms with Gasteiger partial charge >= 0.3 is 0 Å². The second-order valence-electron chi connectivity index (χ2n) is 10.4. The summed E-state index contributed by atoms with van der Waals surface area (Å²) >= 11 is 6.69. The third kappa shape index (κ3) is 8.56. The van der Waals surface area contributed by atoms with Gasteiger partial charge in [-0.25, -0.2) is 0 Å². The zero-order valence-corrected chi connectivity index (χ0v) is 25.7. The van der Waals surface area contributed by atoms with Crippen LogP contribution >= 0.6 is 11.6 Å². The van der Waals surface area contributed by atoms with Crippen molar-refractivity contribution < 1.29 is 4.74 Å². The molecule has 3 nitrogen and oxygen atoms in total. The molecule has 4 heteroatoms. The van der Waals surface area contributed by atoms with E-state index in [1.165, 1.54) is 33.4 Å². The van der Waals surface area contributed by atoms with Gasteiger partial charge in [-0.3, -0.25) is 0 Å². The summed E-state index contributed by atoms with van der Waals surface area (Å²) in [7, 11) is 0. The van der Waals surface area contributed by atoms with Gasteiger partial charge in [-0.05, 0) is 135 Å². The lowest BCUT2D eigenvalue weighted by molar-refractivity contribution is 0.352. The number of aryl methyl sites for hydroxylation is 4. The lowest BCUT2D eigenvalue weighted by Gasteiger charge is -2.17. The molecule has 3 rings (SSSR count). The Kier molecular flexibility index (Phi) is 12.2. The molecule has 0 bridgehead atoms. The lowest BCUT2D eigenvalue weighted by Crippen LogP contribution is -2.03. The Hall–Kier alpha value is -3.87. The highest BCUT2D eigenvalue weighted by molar-refractivity contribution is 6.31. The molecule has 0 amide bonds. The number of halogens is 1. The van der Waals surface area contributed by atoms with Gasteiger partial charge in [0.1, 0.15) is 12.4 Å². The summed E-state index contributed by atoms with van der Waals surface area (Å²) in [6.07, 6.45) is 10.2. The molecule has 41 heavy (non-hydrogen) atoms. The van der Waals surface area contributed by atoms with E-state index in [2.05, 4.69) is 74.6 Å². The minimum atomic E-state index is 0.329. The van der Waals surface area contributed by atoms with E-state index in [4.69, 9.17) is 16.3 Å². The molecule has 3 aromatic rings. The van der Waals surface area contributed by atoms with E-state index in [1.54, 1.807) is 18.2 Å². The van der Waals surface area contributed by atoms with Crippen LogP contribution in [0.4, 0.5) is 0 Å². The zero-order valence-electron chi connectivity index (χ0n) is 24.9. The number of rotatable bonds is 14. The molecule has 0 radical (unpaired) electrons. The average Bonchev–Trinajstić information content (AvgIpc) is 2.97. The van der Waals surface area contributed by atoms with Crippen LogP contribution in [0.3, 0.4) is 0 Å². The SMILES string of the molecule is C=C/C(=C\C(C#N)=C/C)COc1cc(CCc2cccc(-c3cccc(CCCCN=C)c3C)c2C)c(Cl)cc1C. The first-order valence-electron chi connectivity index (χ1n) is 14.2. The van der Waals surface area contributed by atoms with E-state index in [0.29, 0.717) is 12.2 Å². The summed E-state index contributed by atoms with van der Waals surface area (Å²) in [4.78, 5) is 3.98. The van der Waals surface area contributed by atoms with Crippen LogP contribution in [0.5, 0.6) is 5.75 Å². The Labute approximate surface area is 251 Å². The Morgan fingerprint density at radius 1 is 0.951 bits per heavy atom. The third-order valence-corrected chi connectivity index (χ3v) is 7.99. The van der Waals surface area contributed by atoms with Crippen molar-refractivity contribution in [1.29, 1.82) is 5.26 Å². The molecule has 0 aromatic heterocycles. The van der Waals surface area contributed by atoms with Crippen LogP contribution in [0.1, 0.15) is 53.1 Å². The van der Waals surface area contributed by atoms with Crippen molar-refractivity contribution in [1.82, 2.24) is 0 Å². The first-order chi connectivity index (χ1) is 19.8. The molecule has 0 atom stereocenters. The van der Waals surface area contributed by atoms with E-state index >= 15 is 0 Å². The van der Waals surface area contributed by atoms with Crippen molar-refractivity contribution in [2.24, 2.45) is 4.99 Å². The smallest absolute Gasteiger partial charge is 0.123 e. The van der Waals surface area contributed by atoms with E-state index < -0.39 is 0 Å². The van der Waals surface area contributed by atoms with Crippen molar-refractivity contribution >= 4 is 18.3 Å². The maximum Gasteiger partial charge on any atom is 0.123 e. The Bertz CT molecular complexity index is 1490. The van der Waals surface area contributed by atoms with Gasteiger partial charge in [-0.15, -0.1) is 0 Å². The van der Waals surface area contributed by atoms with Gasteiger partial charge < -0.3 is 9.73 Å². The highest BCUT2D eigenvalue weighted by Crippen LogP contribution is 2.33. The summed E-state index contributed by atoms with van der Waals surface area (Å²) < 4.78 is 6.15. The highest BCUT2D eigenvalue weighted by atomic mass is 35.5. The topological polar surface area (TPSA) is 45.4 Å². The van der Waals surface area contributed by atoms with Crippen LogP contribution in [-0.2, 0) is 19.3 Å². The molecule has 0 saturated carbocycles. The molecule has 0 saturated heterocycles. The number of hydrogen-bond donors (Lipinski definition) is 0. The summed E-state index contributed by atoms with van der Waals surface area (Å²) in [5, 5.41) is 9.99. The molecule has 212 valence electrons. The molecular weight excluding hydrogens is 524 g/mol. The van der Waals surface area contributed by atoms with Crippen LogP contribution in [0.25, 0.3) is 11.1 Å². The Morgan fingerprint density at radius 3 is 2.17 bits per heavy atom. The Balaban J connectivity index is 1.79. The molecular formula is C37H41ClN2O. The number of unbranched alkanes of at least 4 members (excludes halogenated alkanes) is 1. The van der Waals surface area contributed by atoms with Crippen LogP contribution < -0.4 is 4.74 Å². The van der Waals surface area contributed by atoms with Crippen LogP contribution in [0.15, 0.2) is 89.5 Å². The van der Waals surface area contributed by atoms with E-state index in [0.717, 1.165) is 66.1 Å². The van der Waals surface area contributed by atoms with E-state index in [-0.39, 0.29) is 0 Å². The van der Waals surface area contributed by atoms with Crippen molar-refractivity contribution in [3.8, 4) is 22.9 Å². The molecule has 3 aromatic carbocycles. The van der Waals surface area contributed by atoms with Gasteiger partial charge in [0.2, 0.25) is 0 Å². The summed E-state index contributed by atoms with van der Waals surface area (Å²) in [6, 6.07) is 19.5. The average molecular weight is 565 g/mol. The fraction of sp³-hybridized carbons (Fsp3) is 0.297.